The van der Waals surface area contributed by atoms with Crippen LogP contribution in [0.3, 0.4) is 0 Å². The minimum absolute atomic E-state index is 0.0897. The van der Waals surface area contributed by atoms with E-state index in [1.54, 1.807) is 6.92 Å². The van der Waals surface area contributed by atoms with Crippen LogP contribution in [0.1, 0.15) is 46.6 Å². The summed E-state index contributed by atoms with van der Waals surface area (Å²) >= 11 is 0. The van der Waals surface area contributed by atoms with Crippen LogP contribution < -0.4 is 10.1 Å². The maximum absolute atomic E-state index is 11.7. The second kappa shape index (κ2) is 8.03. The lowest BCUT2D eigenvalue weighted by Gasteiger charge is -2.21. The van der Waals surface area contributed by atoms with Crippen LogP contribution in [-0.2, 0) is 16.1 Å². The van der Waals surface area contributed by atoms with E-state index in [1.807, 2.05) is 31.2 Å². The van der Waals surface area contributed by atoms with Gasteiger partial charge in [0.25, 0.3) is 0 Å². The molecule has 1 atom stereocenters. The quantitative estimate of drug-likeness (QED) is 0.784. The Bertz CT molecular complexity index is 434. The number of hydrogen-bond donors (Lipinski definition) is 1. The summed E-state index contributed by atoms with van der Waals surface area (Å²) in [6.07, 6.45) is 0.0510. The molecule has 0 aliphatic heterocycles. The molecule has 0 aliphatic rings. The van der Waals surface area contributed by atoms with Gasteiger partial charge >= 0.3 is 5.97 Å². The number of esters is 1. The summed E-state index contributed by atoms with van der Waals surface area (Å²) in [5.74, 6) is 0.382. The number of hydrogen-bond acceptors (Lipinski definition) is 4. The Morgan fingerprint density at radius 3 is 2.29 bits per heavy atom. The minimum Gasteiger partial charge on any atom is -0.479 e. The highest BCUT2D eigenvalue weighted by Gasteiger charge is 2.19. The fraction of sp³-hybridized carbons (Fsp3) is 0.588. The fourth-order valence-corrected chi connectivity index (χ4v) is 1.75. The van der Waals surface area contributed by atoms with Gasteiger partial charge in [-0.2, -0.15) is 0 Å². The molecule has 0 aromatic heterocycles. The molecular weight excluding hydrogens is 266 g/mol. The molecule has 0 bridgehead atoms. The molecule has 0 amide bonds. The van der Waals surface area contributed by atoms with Crippen LogP contribution in [0.4, 0.5) is 0 Å². The molecule has 1 aromatic carbocycles. The predicted octanol–water partition coefficient (Wildman–Crippen LogP) is 3.30. The second-order valence-electron chi connectivity index (χ2n) is 6.01. The Morgan fingerprint density at radius 2 is 1.81 bits per heavy atom. The van der Waals surface area contributed by atoms with E-state index < -0.39 is 6.10 Å². The van der Waals surface area contributed by atoms with E-state index in [9.17, 15) is 4.79 Å². The number of benzene rings is 1. The van der Waals surface area contributed by atoms with Crippen LogP contribution in [0.2, 0.25) is 0 Å². The van der Waals surface area contributed by atoms with Gasteiger partial charge in [-0.05, 0) is 51.8 Å². The molecule has 1 N–H and O–H groups in total. The third kappa shape index (κ3) is 6.63. The first-order valence-electron chi connectivity index (χ1n) is 7.53. The van der Waals surface area contributed by atoms with E-state index in [2.05, 4.69) is 26.1 Å². The molecule has 0 saturated heterocycles. The van der Waals surface area contributed by atoms with Crippen molar-refractivity contribution in [2.75, 3.05) is 6.61 Å². The minimum atomic E-state index is -0.538. The first-order chi connectivity index (χ1) is 9.85. The molecule has 118 valence electrons. The van der Waals surface area contributed by atoms with E-state index in [0.717, 1.165) is 6.54 Å². The Kier molecular flexibility index (Phi) is 6.69. The molecule has 4 nitrogen and oxygen atoms in total. The number of carbonyl (C=O) groups is 1. The maximum Gasteiger partial charge on any atom is 0.347 e. The van der Waals surface area contributed by atoms with Gasteiger partial charge in [-0.25, -0.2) is 4.79 Å². The van der Waals surface area contributed by atoms with Crippen molar-refractivity contribution in [3.05, 3.63) is 29.8 Å². The monoisotopic (exact) mass is 293 g/mol. The number of carbonyl (C=O) groups excluding carboxylic acids is 1. The summed E-state index contributed by atoms with van der Waals surface area (Å²) in [5, 5.41) is 3.43. The van der Waals surface area contributed by atoms with Crippen molar-refractivity contribution in [1.29, 1.82) is 0 Å². The van der Waals surface area contributed by atoms with Gasteiger partial charge in [0.2, 0.25) is 0 Å². The van der Waals surface area contributed by atoms with E-state index in [4.69, 9.17) is 9.47 Å². The van der Waals surface area contributed by atoms with E-state index >= 15 is 0 Å². The fourth-order valence-electron chi connectivity index (χ4n) is 1.75. The molecule has 1 aromatic rings. The van der Waals surface area contributed by atoms with Gasteiger partial charge in [0.1, 0.15) is 5.75 Å². The molecule has 0 saturated carbocycles. The zero-order chi connectivity index (χ0) is 15.9. The maximum atomic E-state index is 11.7. The number of rotatable bonds is 7. The molecule has 21 heavy (non-hydrogen) atoms. The third-order valence-electron chi connectivity index (χ3n) is 2.94. The van der Waals surface area contributed by atoms with Gasteiger partial charge < -0.3 is 14.8 Å². The lowest BCUT2D eigenvalue weighted by Crippen LogP contribution is -2.35. The summed E-state index contributed by atoms with van der Waals surface area (Å²) in [4.78, 5) is 11.7. The largest absolute Gasteiger partial charge is 0.479 e. The van der Waals surface area contributed by atoms with Crippen molar-refractivity contribution in [2.45, 2.75) is 59.2 Å². The number of nitrogens with one attached hydrogen (secondary N) is 1. The molecule has 4 heteroatoms. The summed E-state index contributed by atoms with van der Waals surface area (Å²) in [5.41, 5.74) is 1.27. The van der Waals surface area contributed by atoms with Crippen LogP contribution in [0.25, 0.3) is 0 Å². The predicted molar refractivity (Wildman–Crippen MR) is 84.4 cm³/mol. The third-order valence-corrected chi connectivity index (χ3v) is 2.94. The van der Waals surface area contributed by atoms with Crippen molar-refractivity contribution in [1.82, 2.24) is 5.32 Å². The standard InChI is InChI=1S/C17H27NO3/c1-6-15(16(19)20-7-2)21-14-10-8-13(9-11-14)12-18-17(3,4)5/h8-11,15,18H,6-7,12H2,1-5H3. The van der Waals surface area contributed by atoms with Crippen molar-refractivity contribution >= 4 is 5.97 Å². The van der Waals surface area contributed by atoms with Crippen molar-refractivity contribution in [3.63, 3.8) is 0 Å². The Balaban J connectivity index is 2.59. The smallest absolute Gasteiger partial charge is 0.347 e. The highest BCUT2D eigenvalue weighted by molar-refractivity contribution is 5.75. The van der Waals surface area contributed by atoms with Gasteiger partial charge in [0.15, 0.2) is 6.10 Å². The average molecular weight is 293 g/mol. The van der Waals surface area contributed by atoms with Gasteiger partial charge in [0.05, 0.1) is 6.61 Å². The van der Waals surface area contributed by atoms with Crippen molar-refractivity contribution < 1.29 is 14.3 Å². The normalized spacial score (nSPS) is 12.8. The van der Waals surface area contributed by atoms with Crippen LogP contribution in [0.15, 0.2) is 24.3 Å². The first kappa shape index (κ1) is 17.5. The molecular formula is C17H27NO3. The van der Waals surface area contributed by atoms with Gasteiger partial charge in [0, 0.05) is 12.1 Å². The van der Waals surface area contributed by atoms with Gasteiger partial charge in [-0.3, -0.25) is 0 Å². The second-order valence-corrected chi connectivity index (χ2v) is 6.01. The van der Waals surface area contributed by atoms with Gasteiger partial charge in [-0.1, -0.05) is 19.1 Å². The van der Waals surface area contributed by atoms with E-state index in [1.165, 1.54) is 5.56 Å². The molecule has 0 spiro atoms. The first-order valence-corrected chi connectivity index (χ1v) is 7.53. The molecule has 0 heterocycles. The molecule has 1 unspecified atom stereocenters. The average Bonchev–Trinajstić information content (AvgIpc) is 2.43. The molecule has 0 aliphatic carbocycles. The number of ether oxygens (including phenoxy) is 2. The highest BCUT2D eigenvalue weighted by atomic mass is 16.6. The zero-order valence-electron chi connectivity index (χ0n) is 13.7. The highest BCUT2D eigenvalue weighted by Crippen LogP contribution is 2.16. The molecule has 0 radical (unpaired) electrons. The SMILES string of the molecule is CCOC(=O)C(CC)Oc1ccc(CNC(C)(C)C)cc1. The summed E-state index contributed by atoms with van der Waals surface area (Å²) in [7, 11) is 0. The molecule has 1 rings (SSSR count). The lowest BCUT2D eigenvalue weighted by molar-refractivity contribution is -0.151. The van der Waals surface area contributed by atoms with Crippen molar-refractivity contribution in [3.8, 4) is 5.75 Å². The Labute approximate surface area is 127 Å². The topological polar surface area (TPSA) is 47.6 Å². The van der Waals surface area contributed by atoms with Crippen LogP contribution >= 0.6 is 0 Å². The Morgan fingerprint density at radius 1 is 1.19 bits per heavy atom. The Hall–Kier alpha value is -1.55. The summed E-state index contributed by atoms with van der Waals surface area (Å²) in [6.45, 7) is 11.3. The van der Waals surface area contributed by atoms with Crippen LogP contribution in [0, 0.1) is 0 Å². The molecule has 0 fully saturated rings. The van der Waals surface area contributed by atoms with Crippen LogP contribution in [-0.4, -0.2) is 24.2 Å². The summed E-state index contributed by atoms with van der Waals surface area (Å²) < 4.78 is 10.7. The summed E-state index contributed by atoms with van der Waals surface area (Å²) in [6, 6.07) is 7.79. The lowest BCUT2D eigenvalue weighted by atomic mass is 10.1. The van der Waals surface area contributed by atoms with E-state index in [0.29, 0.717) is 18.8 Å². The zero-order valence-corrected chi connectivity index (χ0v) is 13.7. The van der Waals surface area contributed by atoms with Crippen molar-refractivity contribution in [2.24, 2.45) is 0 Å². The van der Waals surface area contributed by atoms with Gasteiger partial charge in [-0.15, -0.1) is 0 Å². The van der Waals surface area contributed by atoms with Crippen LogP contribution in [0.5, 0.6) is 5.75 Å². The van der Waals surface area contributed by atoms with E-state index in [-0.39, 0.29) is 11.5 Å².